The molecule has 92 valence electrons. The Morgan fingerprint density at radius 2 is 2.06 bits per heavy atom. The van der Waals surface area contributed by atoms with Crippen LogP contribution in [0.4, 0.5) is 4.39 Å². The van der Waals surface area contributed by atoms with E-state index < -0.39 is 5.67 Å². The van der Waals surface area contributed by atoms with Gasteiger partial charge in [0.15, 0.2) is 0 Å². The summed E-state index contributed by atoms with van der Waals surface area (Å²) in [4.78, 5) is 2.05. The normalized spacial score (nSPS) is 33.6. The van der Waals surface area contributed by atoms with Gasteiger partial charge in [-0.15, -0.1) is 0 Å². The first-order chi connectivity index (χ1) is 8.17. The molecule has 0 amide bonds. The number of halogens is 1. The molecule has 1 aliphatic carbocycles. The minimum absolute atomic E-state index is 0.109. The number of nitrogens with zero attached hydrogens (tertiary/aromatic N) is 1. The second-order valence-electron chi connectivity index (χ2n) is 5.43. The topological polar surface area (TPSA) is 15.3 Å². The number of alkyl halides is 1. The van der Waals surface area contributed by atoms with Gasteiger partial charge in [0.1, 0.15) is 5.67 Å². The standard InChI is InChI=1S/C7H13FN2.C7H6/c1-10-4-6-7(8,5-10)2-3-9-6;1-2-4-7-5-6(7)3-1/h6,9H,2-5H2,1H3;1-4H,5H2. The first-order valence-electron chi connectivity index (χ1n) is 6.35. The zero-order valence-corrected chi connectivity index (χ0v) is 10.2. The van der Waals surface area contributed by atoms with Crippen molar-refractivity contribution in [2.75, 3.05) is 26.7 Å². The summed E-state index contributed by atoms with van der Waals surface area (Å²) in [5, 5.41) is 3.17. The molecule has 0 radical (unpaired) electrons. The third-order valence-electron chi connectivity index (χ3n) is 3.96. The molecule has 2 atom stereocenters. The molecule has 0 saturated carbocycles. The molecule has 1 aromatic carbocycles. The maximum absolute atomic E-state index is 13.6. The van der Waals surface area contributed by atoms with Crippen molar-refractivity contribution >= 4 is 0 Å². The second-order valence-corrected chi connectivity index (χ2v) is 5.43. The number of benzene rings is 1. The molecule has 17 heavy (non-hydrogen) atoms. The Bertz CT molecular complexity index is 399. The van der Waals surface area contributed by atoms with Gasteiger partial charge >= 0.3 is 0 Å². The molecule has 2 unspecified atom stereocenters. The van der Waals surface area contributed by atoms with Gasteiger partial charge in [-0.25, -0.2) is 4.39 Å². The summed E-state index contributed by atoms with van der Waals surface area (Å²) in [7, 11) is 1.97. The Morgan fingerprint density at radius 1 is 1.35 bits per heavy atom. The molecule has 2 aliphatic heterocycles. The molecular formula is C14H19FN2. The summed E-state index contributed by atoms with van der Waals surface area (Å²) in [6.45, 7) is 2.34. The number of fused-ring (bicyclic) bond motifs is 2. The van der Waals surface area contributed by atoms with E-state index >= 15 is 0 Å². The van der Waals surface area contributed by atoms with Crippen LogP contribution in [0, 0.1) is 0 Å². The molecule has 2 saturated heterocycles. The van der Waals surface area contributed by atoms with Crippen molar-refractivity contribution < 1.29 is 4.39 Å². The highest BCUT2D eigenvalue weighted by molar-refractivity contribution is 5.44. The van der Waals surface area contributed by atoms with E-state index in [1.807, 2.05) is 7.05 Å². The lowest BCUT2D eigenvalue weighted by Crippen LogP contribution is -2.37. The van der Waals surface area contributed by atoms with Crippen molar-refractivity contribution in [1.29, 1.82) is 0 Å². The van der Waals surface area contributed by atoms with Crippen LogP contribution in [0.1, 0.15) is 17.5 Å². The third-order valence-corrected chi connectivity index (χ3v) is 3.96. The van der Waals surface area contributed by atoms with E-state index in [9.17, 15) is 4.39 Å². The monoisotopic (exact) mass is 234 g/mol. The highest BCUT2D eigenvalue weighted by Gasteiger charge is 2.48. The third kappa shape index (κ3) is 2.22. The molecule has 3 heteroatoms. The number of hydrogen-bond donors (Lipinski definition) is 1. The van der Waals surface area contributed by atoms with Crippen LogP contribution in [-0.4, -0.2) is 43.3 Å². The number of rotatable bonds is 0. The molecular weight excluding hydrogens is 215 g/mol. The summed E-state index contributed by atoms with van der Waals surface area (Å²) < 4.78 is 13.6. The summed E-state index contributed by atoms with van der Waals surface area (Å²) >= 11 is 0. The van der Waals surface area contributed by atoms with E-state index in [1.165, 1.54) is 17.5 Å². The van der Waals surface area contributed by atoms with Crippen LogP contribution in [-0.2, 0) is 6.42 Å². The van der Waals surface area contributed by atoms with E-state index in [1.54, 1.807) is 0 Å². The molecule has 4 rings (SSSR count). The zero-order chi connectivity index (χ0) is 11.9. The summed E-state index contributed by atoms with van der Waals surface area (Å²) in [6.07, 6.45) is 1.94. The van der Waals surface area contributed by atoms with Crippen LogP contribution in [0.15, 0.2) is 24.3 Å². The van der Waals surface area contributed by atoms with Crippen molar-refractivity contribution in [2.24, 2.45) is 0 Å². The summed E-state index contributed by atoms with van der Waals surface area (Å²) in [5.74, 6) is 0. The SMILES string of the molecule is CN1CC2NCCC2(F)C1.c1ccc2c(c1)C2. The molecule has 0 bridgehead atoms. The molecule has 0 spiro atoms. The van der Waals surface area contributed by atoms with Gasteiger partial charge in [0.25, 0.3) is 0 Å². The van der Waals surface area contributed by atoms with Crippen molar-refractivity contribution in [3.63, 3.8) is 0 Å². The highest BCUT2D eigenvalue weighted by Crippen LogP contribution is 2.32. The van der Waals surface area contributed by atoms with Gasteiger partial charge in [0.05, 0.1) is 6.04 Å². The molecule has 1 N–H and O–H groups in total. The van der Waals surface area contributed by atoms with Crippen LogP contribution in [0.5, 0.6) is 0 Å². The van der Waals surface area contributed by atoms with Crippen molar-refractivity contribution in [3.05, 3.63) is 35.4 Å². The van der Waals surface area contributed by atoms with Crippen molar-refractivity contribution in [1.82, 2.24) is 10.2 Å². The largest absolute Gasteiger partial charge is 0.310 e. The predicted octanol–water partition coefficient (Wildman–Crippen LogP) is 1.59. The summed E-state index contributed by atoms with van der Waals surface area (Å²) in [5.41, 5.74) is 2.15. The smallest absolute Gasteiger partial charge is 0.141 e. The zero-order valence-electron chi connectivity index (χ0n) is 10.2. The number of nitrogens with one attached hydrogen (secondary N) is 1. The lowest BCUT2D eigenvalue weighted by atomic mass is 10.0. The second kappa shape index (κ2) is 4.07. The van der Waals surface area contributed by atoms with Gasteiger partial charge in [-0.1, -0.05) is 24.3 Å². The number of hydrogen-bond acceptors (Lipinski definition) is 2. The van der Waals surface area contributed by atoms with Crippen molar-refractivity contribution in [3.8, 4) is 0 Å². The van der Waals surface area contributed by atoms with Gasteiger partial charge in [0, 0.05) is 13.1 Å². The average molecular weight is 234 g/mol. The predicted molar refractivity (Wildman–Crippen MR) is 67.0 cm³/mol. The molecule has 2 fully saturated rings. The van der Waals surface area contributed by atoms with Gasteiger partial charge in [-0.2, -0.15) is 0 Å². The van der Waals surface area contributed by atoms with E-state index in [2.05, 4.69) is 34.5 Å². The minimum Gasteiger partial charge on any atom is -0.310 e. The van der Waals surface area contributed by atoms with E-state index in [-0.39, 0.29) is 6.04 Å². The summed E-state index contributed by atoms with van der Waals surface area (Å²) in [6, 6.07) is 8.64. The van der Waals surface area contributed by atoms with E-state index in [0.717, 1.165) is 13.1 Å². The van der Waals surface area contributed by atoms with Crippen LogP contribution in [0.2, 0.25) is 0 Å². The van der Waals surface area contributed by atoms with Gasteiger partial charge in [-0.3, -0.25) is 0 Å². The lowest BCUT2D eigenvalue weighted by molar-refractivity contribution is 0.172. The van der Waals surface area contributed by atoms with Gasteiger partial charge in [-0.05, 0) is 37.6 Å². The lowest BCUT2D eigenvalue weighted by Gasteiger charge is -2.15. The van der Waals surface area contributed by atoms with Crippen LogP contribution in [0.3, 0.4) is 0 Å². The number of likely N-dealkylation sites (N-methyl/N-ethyl adjacent to an activating group) is 1. The molecule has 0 aromatic heterocycles. The van der Waals surface area contributed by atoms with Crippen LogP contribution in [0.25, 0.3) is 0 Å². The Balaban J connectivity index is 0.000000113. The van der Waals surface area contributed by atoms with Gasteiger partial charge in [0.2, 0.25) is 0 Å². The fourth-order valence-corrected chi connectivity index (χ4v) is 2.89. The minimum atomic E-state index is -0.908. The Hall–Kier alpha value is -0.930. The molecule has 2 nitrogen and oxygen atoms in total. The van der Waals surface area contributed by atoms with Crippen LogP contribution >= 0.6 is 0 Å². The van der Waals surface area contributed by atoms with Crippen molar-refractivity contribution in [2.45, 2.75) is 24.6 Å². The fourth-order valence-electron chi connectivity index (χ4n) is 2.89. The van der Waals surface area contributed by atoms with E-state index in [0.29, 0.717) is 13.0 Å². The fraction of sp³-hybridized carbons (Fsp3) is 0.571. The first kappa shape index (κ1) is 11.2. The quantitative estimate of drug-likeness (QED) is 0.744. The Morgan fingerprint density at radius 3 is 2.65 bits per heavy atom. The van der Waals surface area contributed by atoms with Gasteiger partial charge < -0.3 is 10.2 Å². The highest BCUT2D eigenvalue weighted by atomic mass is 19.1. The Kier molecular flexibility index (Phi) is 2.68. The maximum Gasteiger partial charge on any atom is 0.141 e. The molecule has 3 aliphatic rings. The maximum atomic E-state index is 13.6. The average Bonchev–Trinajstić information content (AvgIpc) is 2.91. The number of likely N-dealkylation sites (tertiary alicyclic amines) is 1. The van der Waals surface area contributed by atoms with Crippen LogP contribution < -0.4 is 5.32 Å². The molecule has 1 aromatic rings. The van der Waals surface area contributed by atoms with E-state index in [4.69, 9.17) is 0 Å². The molecule has 2 heterocycles. The first-order valence-corrected chi connectivity index (χ1v) is 6.35. The Labute approximate surface area is 102 Å².